The van der Waals surface area contributed by atoms with Gasteiger partial charge >= 0.3 is 5.97 Å². The van der Waals surface area contributed by atoms with E-state index in [-0.39, 0.29) is 11.2 Å². The molecule has 8 heteroatoms. The lowest BCUT2D eigenvalue weighted by atomic mass is 9.86. The number of ether oxygens (including phenoxy) is 1. The number of hydrogen-bond acceptors (Lipinski definition) is 7. The Morgan fingerprint density at radius 3 is 2.45 bits per heavy atom. The fourth-order valence-electron chi connectivity index (χ4n) is 2.83. The average molecular weight is 457 g/mol. The van der Waals surface area contributed by atoms with Gasteiger partial charge in [0.25, 0.3) is 5.91 Å². The predicted octanol–water partition coefficient (Wildman–Crippen LogP) is 5.22. The largest absolute Gasteiger partial charge is 0.506 e. The van der Waals surface area contributed by atoms with E-state index in [0.717, 1.165) is 27.3 Å². The summed E-state index contributed by atoms with van der Waals surface area (Å²) >= 11 is 2.51. The highest BCUT2D eigenvalue weighted by molar-refractivity contribution is 7.15. The van der Waals surface area contributed by atoms with E-state index in [1.165, 1.54) is 36.3 Å². The Labute approximate surface area is 189 Å². The zero-order valence-corrected chi connectivity index (χ0v) is 19.4. The fourth-order valence-corrected chi connectivity index (χ4v) is 4.63. The van der Waals surface area contributed by atoms with Crippen LogP contribution in [0, 0.1) is 0 Å². The summed E-state index contributed by atoms with van der Waals surface area (Å²) in [6.07, 6.45) is 1.90. The second-order valence-corrected chi connectivity index (χ2v) is 9.84. The topological polar surface area (TPSA) is 88.0 Å². The standard InChI is InChI=1S/C23H24N2O4S2/c1-23(2,3)16-7-5-14(6-8-16)20-19(26)15(13-30-20)11-12-24-25-21(27)17-9-10-18(31-17)22(28)29-4/h5-10,12-13,26H,11H2,1-4H3,(H,25,27). The number of benzene rings is 1. The molecule has 31 heavy (non-hydrogen) atoms. The van der Waals surface area contributed by atoms with Crippen LogP contribution in [0.1, 0.15) is 51.2 Å². The third kappa shape index (κ3) is 5.39. The van der Waals surface area contributed by atoms with Crippen molar-refractivity contribution in [2.24, 2.45) is 5.10 Å². The average Bonchev–Trinajstić information content (AvgIpc) is 3.37. The maximum Gasteiger partial charge on any atom is 0.348 e. The first-order valence-corrected chi connectivity index (χ1v) is 11.3. The normalized spacial score (nSPS) is 11.6. The van der Waals surface area contributed by atoms with Crippen molar-refractivity contribution in [2.75, 3.05) is 7.11 Å². The van der Waals surface area contributed by atoms with Crippen molar-refractivity contribution in [1.82, 2.24) is 5.43 Å². The molecule has 0 aliphatic rings. The van der Waals surface area contributed by atoms with Crippen LogP contribution in [0.2, 0.25) is 0 Å². The summed E-state index contributed by atoms with van der Waals surface area (Å²) in [5.74, 6) is -0.665. The number of nitrogens with one attached hydrogen (secondary N) is 1. The van der Waals surface area contributed by atoms with Gasteiger partial charge in [0.1, 0.15) is 10.6 Å². The molecule has 0 saturated carbocycles. The molecule has 2 heterocycles. The van der Waals surface area contributed by atoms with Crippen LogP contribution in [0.5, 0.6) is 5.75 Å². The molecule has 0 aliphatic carbocycles. The molecule has 0 aliphatic heterocycles. The molecule has 0 bridgehead atoms. The van der Waals surface area contributed by atoms with E-state index in [1.807, 2.05) is 17.5 Å². The van der Waals surface area contributed by atoms with Crippen molar-refractivity contribution in [1.29, 1.82) is 0 Å². The summed E-state index contributed by atoms with van der Waals surface area (Å²) in [6, 6.07) is 11.3. The Morgan fingerprint density at radius 1 is 1.13 bits per heavy atom. The van der Waals surface area contributed by atoms with Crippen LogP contribution < -0.4 is 5.43 Å². The number of esters is 1. The number of hydrogen-bond donors (Lipinski definition) is 2. The van der Waals surface area contributed by atoms with E-state index in [9.17, 15) is 14.7 Å². The Balaban J connectivity index is 1.61. The summed E-state index contributed by atoms with van der Waals surface area (Å²) in [6.45, 7) is 6.49. The zero-order valence-electron chi connectivity index (χ0n) is 17.8. The summed E-state index contributed by atoms with van der Waals surface area (Å²) in [4.78, 5) is 25.1. The summed E-state index contributed by atoms with van der Waals surface area (Å²) in [7, 11) is 1.29. The number of rotatable bonds is 6. The van der Waals surface area contributed by atoms with Gasteiger partial charge in [0, 0.05) is 18.2 Å². The molecule has 3 rings (SSSR count). The van der Waals surface area contributed by atoms with Gasteiger partial charge in [-0.25, -0.2) is 10.2 Å². The van der Waals surface area contributed by atoms with Crippen molar-refractivity contribution in [3.63, 3.8) is 0 Å². The molecule has 0 spiro atoms. The molecule has 1 aromatic carbocycles. The molecule has 0 radical (unpaired) electrons. The molecular weight excluding hydrogens is 432 g/mol. The third-order valence-corrected chi connectivity index (χ3v) is 6.77. The van der Waals surface area contributed by atoms with E-state index in [0.29, 0.717) is 16.2 Å². The maximum atomic E-state index is 12.1. The second-order valence-electron chi connectivity index (χ2n) is 7.88. The van der Waals surface area contributed by atoms with Gasteiger partial charge in [-0.1, -0.05) is 45.0 Å². The number of hydrazone groups is 1. The first kappa shape index (κ1) is 22.7. The lowest BCUT2D eigenvalue weighted by molar-refractivity contribution is 0.0606. The minimum absolute atomic E-state index is 0.0755. The van der Waals surface area contributed by atoms with E-state index < -0.39 is 11.9 Å². The molecule has 3 aromatic rings. The van der Waals surface area contributed by atoms with Crippen molar-refractivity contribution in [2.45, 2.75) is 32.6 Å². The van der Waals surface area contributed by atoms with Gasteiger partial charge in [-0.15, -0.1) is 22.7 Å². The first-order valence-electron chi connectivity index (χ1n) is 9.61. The molecule has 0 saturated heterocycles. The van der Waals surface area contributed by atoms with Gasteiger partial charge in [-0.3, -0.25) is 4.79 Å². The van der Waals surface area contributed by atoms with Crippen LogP contribution in [0.3, 0.4) is 0 Å². The molecule has 162 valence electrons. The van der Waals surface area contributed by atoms with Crippen molar-refractivity contribution >= 4 is 40.8 Å². The van der Waals surface area contributed by atoms with Gasteiger partial charge in [0.15, 0.2) is 0 Å². The maximum absolute atomic E-state index is 12.1. The molecule has 2 N–H and O–H groups in total. The highest BCUT2D eigenvalue weighted by atomic mass is 32.1. The minimum Gasteiger partial charge on any atom is -0.506 e. The lowest BCUT2D eigenvalue weighted by Gasteiger charge is -2.19. The number of carbonyl (C=O) groups excluding carboxylic acids is 2. The predicted molar refractivity (Wildman–Crippen MR) is 125 cm³/mol. The number of carbonyl (C=O) groups is 2. The minimum atomic E-state index is -0.482. The Morgan fingerprint density at radius 2 is 1.81 bits per heavy atom. The number of methoxy groups -OCH3 is 1. The monoisotopic (exact) mass is 456 g/mol. The SMILES string of the molecule is COC(=O)c1ccc(C(=O)NN=CCc2csc(-c3ccc(C(C)(C)C)cc3)c2O)s1. The highest BCUT2D eigenvalue weighted by Gasteiger charge is 2.16. The zero-order chi connectivity index (χ0) is 22.6. The quantitative estimate of drug-likeness (QED) is 0.302. The van der Waals surface area contributed by atoms with Crippen LogP contribution in [-0.2, 0) is 16.6 Å². The summed E-state index contributed by atoms with van der Waals surface area (Å²) < 4.78 is 4.63. The molecule has 2 aromatic heterocycles. The number of amides is 1. The van der Waals surface area contributed by atoms with Crippen molar-refractivity contribution < 1.29 is 19.4 Å². The van der Waals surface area contributed by atoms with Gasteiger partial charge in [0.2, 0.25) is 0 Å². The van der Waals surface area contributed by atoms with E-state index in [2.05, 4.69) is 48.2 Å². The molecule has 6 nitrogen and oxygen atoms in total. The van der Waals surface area contributed by atoms with Crippen LogP contribution >= 0.6 is 22.7 Å². The third-order valence-electron chi connectivity index (χ3n) is 4.64. The molecule has 0 fully saturated rings. The fraction of sp³-hybridized carbons (Fsp3) is 0.261. The van der Waals surface area contributed by atoms with E-state index in [1.54, 1.807) is 6.07 Å². The smallest absolute Gasteiger partial charge is 0.348 e. The first-order chi connectivity index (χ1) is 14.7. The Bertz CT molecular complexity index is 1110. The van der Waals surface area contributed by atoms with Crippen LogP contribution in [-0.4, -0.2) is 30.3 Å². The number of aromatic hydroxyl groups is 1. The highest BCUT2D eigenvalue weighted by Crippen LogP contribution is 2.39. The Hall–Kier alpha value is -2.97. The summed E-state index contributed by atoms with van der Waals surface area (Å²) in [5, 5.41) is 16.4. The molecule has 0 unspecified atom stereocenters. The van der Waals surface area contributed by atoms with Crippen LogP contribution in [0.4, 0.5) is 0 Å². The van der Waals surface area contributed by atoms with Crippen LogP contribution in [0.25, 0.3) is 10.4 Å². The van der Waals surface area contributed by atoms with Gasteiger partial charge < -0.3 is 9.84 Å². The van der Waals surface area contributed by atoms with Crippen LogP contribution in [0.15, 0.2) is 46.9 Å². The Kier molecular flexibility index (Phi) is 6.92. The van der Waals surface area contributed by atoms with Gasteiger partial charge in [-0.05, 0) is 34.1 Å². The molecule has 1 amide bonds. The lowest BCUT2D eigenvalue weighted by Crippen LogP contribution is -2.16. The molecule has 0 atom stereocenters. The van der Waals surface area contributed by atoms with Crippen molar-refractivity contribution in [3.8, 4) is 16.2 Å². The molecular formula is C23H24N2O4S2. The number of thiophene rings is 2. The van der Waals surface area contributed by atoms with E-state index >= 15 is 0 Å². The summed E-state index contributed by atoms with van der Waals surface area (Å²) in [5.41, 5.74) is 5.44. The van der Waals surface area contributed by atoms with E-state index in [4.69, 9.17) is 0 Å². The van der Waals surface area contributed by atoms with Gasteiger partial charge in [0.05, 0.1) is 16.9 Å². The number of nitrogens with zero attached hydrogens (tertiary/aromatic N) is 1. The van der Waals surface area contributed by atoms with Crippen molar-refractivity contribution in [3.05, 3.63) is 62.7 Å². The second kappa shape index (κ2) is 9.45. The van der Waals surface area contributed by atoms with Gasteiger partial charge in [-0.2, -0.15) is 5.10 Å².